The molecule has 13 heavy (non-hydrogen) atoms. The molecule has 66 valence electrons. The maximum atomic E-state index is 4.27. The van der Waals surface area contributed by atoms with Crippen molar-refractivity contribution < 1.29 is 0 Å². The number of rotatable bonds is 1. The van der Waals surface area contributed by atoms with Gasteiger partial charge in [0.15, 0.2) is 0 Å². The molecule has 0 aliphatic carbocycles. The molecular weight excluding hydrogens is 160 g/mol. The minimum absolute atomic E-state index is 0.916. The van der Waals surface area contributed by atoms with Crippen molar-refractivity contribution in [1.82, 2.24) is 4.98 Å². The van der Waals surface area contributed by atoms with E-state index in [1.807, 2.05) is 24.4 Å². The number of aromatic nitrogens is 1. The van der Waals surface area contributed by atoms with Crippen molar-refractivity contribution in [3.63, 3.8) is 0 Å². The monoisotopic (exact) mass is 172 g/mol. The van der Waals surface area contributed by atoms with Gasteiger partial charge in [-0.1, -0.05) is 17.7 Å². The zero-order valence-corrected chi connectivity index (χ0v) is 7.64. The molecule has 0 spiro atoms. The first-order valence-corrected chi connectivity index (χ1v) is 4.39. The van der Waals surface area contributed by atoms with Crippen LogP contribution in [-0.4, -0.2) is 11.5 Å². The van der Waals surface area contributed by atoms with Crippen LogP contribution in [0.25, 0.3) is 0 Å². The van der Waals surface area contributed by atoms with E-state index in [2.05, 4.69) is 35.2 Å². The molecule has 2 heteroatoms. The summed E-state index contributed by atoms with van der Waals surface area (Å²) >= 11 is 0. The lowest BCUT2D eigenvalue weighted by molar-refractivity contribution is 1.01. The standard InChI is InChI=1S/C11H12N2/c1-10-5-8-13(9-6-10)11-4-2-3-7-12-11/h2-8H,9H2,1H3. The fraction of sp³-hybridized carbons (Fsp3) is 0.182. The summed E-state index contributed by atoms with van der Waals surface area (Å²) in [6.07, 6.45) is 8.17. The van der Waals surface area contributed by atoms with Crippen molar-refractivity contribution in [1.29, 1.82) is 0 Å². The summed E-state index contributed by atoms with van der Waals surface area (Å²) in [4.78, 5) is 6.39. The predicted octanol–water partition coefficient (Wildman–Crippen LogP) is 2.36. The van der Waals surface area contributed by atoms with Gasteiger partial charge in [-0.25, -0.2) is 4.98 Å². The summed E-state index contributed by atoms with van der Waals surface area (Å²) in [5, 5.41) is 0. The van der Waals surface area contributed by atoms with E-state index in [9.17, 15) is 0 Å². The third-order valence-electron chi connectivity index (χ3n) is 2.07. The minimum atomic E-state index is 0.916. The number of hydrogen-bond donors (Lipinski definition) is 0. The highest BCUT2D eigenvalue weighted by molar-refractivity contribution is 5.45. The van der Waals surface area contributed by atoms with Crippen LogP contribution in [0.5, 0.6) is 0 Å². The Balaban J connectivity index is 2.18. The molecule has 0 saturated carbocycles. The van der Waals surface area contributed by atoms with Gasteiger partial charge in [0.25, 0.3) is 0 Å². The Morgan fingerprint density at radius 3 is 2.92 bits per heavy atom. The first kappa shape index (κ1) is 8.05. The molecule has 2 rings (SSSR count). The molecule has 0 radical (unpaired) electrons. The van der Waals surface area contributed by atoms with Gasteiger partial charge in [0.05, 0.1) is 0 Å². The van der Waals surface area contributed by atoms with Gasteiger partial charge in [-0.15, -0.1) is 0 Å². The fourth-order valence-electron chi connectivity index (χ4n) is 1.27. The summed E-state index contributed by atoms with van der Waals surface area (Å²) in [5.41, 5.74) is 1.31. The van der Waals surface area contributed by atoms with Crippen LogP contribution in [0.1, 0.15) is 6.92 Å². The molecule has 0 fully saturated rings. The van der Waals surface area contributed by atoms with Crippen molar-refractivity contribution in [3.8, 4) is 0 Å². The van der Waals surface area contributed by atoms with Gasteiger partial charge < -0.3 is 4.90 Å². The normalized spacial score (nSPS) is 15.8. The second-order valence-corrected chi connectivity index (χ2v) is 3.10. The topological polar surface area (TPSA) is 16.1 Å². The van der Waals surface area contributed by atoms with Crippen molar-refractivity contribution in [2.24, 2.45) is 0 Å². The molecule has 0 saturated heterocycles. The van der Waals surface area contributed by atoms with Gasteiger partial charge in [-0.2, -0.15) is 0 Å². The first-order valence-electron chi connectivity index (χ1n) is 4.39. The van der Waals surface area contributed by atoms with E-state index in [1.54, 1.807) is 0 Å². The third kappa shape index (κ3) is 1.78. The van der Waals surface area contributed by atoms with Gasteiger partial charge in [0, 0.05) is 18.9 Å². The summed E-state index contributed by atoms with van der Waals surface area (Å²) in [6.45, 7) is 3.02. The van der Waals surface area contributed by atoms with Gasteiger partial charge >= 0.3 is 0 Å². The summed E-state index contributed by atoms with van der Waals surface area (Å²) in [6, 6.07) is 5.94. The molecule has 2 heterocycles. The molecule has 2 nitrogen and oxygen atoms in total. The van der Waals surface area contributed by atoms with E-state index < -0.39 is 0 Å². The van der Waals surface area contributed by atoms with Crippen LogP contribution >= 0.6 is 0 Å². The number of allylic oxidation sites excluding steroid dienone is 2. The van der Waals surface area contributed by atoms with Gasteiger partial charge in [0.1, 0.15) is 5.82 Å². The molecule has 0 unspecified atom stereocenters. The second-order valence-electron chi connectivity index (χ2n) is 3.10. The molecule has 0 aromatic carbocycles. The lowest BCUT2D eigenvalue weighted by Crippen LogP contribution is -2.19. The number of nitrogens with zero attached hydrogens (tertiary/aromatic N) is 2. The third-order valence-corrected chi connectivity index (χ3v) is 2.07. The molecular formula is C11H12N2. The van der Waals surface area contributed by atoms with E-state index in [4.69, 9.17) is 0 Å². The number of pyridine rings is 1. The average Bonchev–Trinajstić information content (AvgIpc) is 2.20. The van der Waals surface area contributed by atoms with Crippen LogP contribution in [0.15, 0.2) is 48.3 Å². The maximum Gasteiger partial charge on any atom is 0.132 e. The molecule has 1 aliphatic heterocycles. The van der Waals surface area contributed by atoms with E-state index in [0.717, 1.165) is 12.4 Å². The van der Waals surface area contributed by atoms with Crippen LogP contribution < -0.4 is 4.90 Å². The van der Waals surface area contributed by atoms with Crippen molar-refractivity contribution in [3.05, 3.63) is 48.3 Å². The highest BCUT2D eigenvalue weighted by Gasteiger charge is 2.04. The highest BCUT2D eigenvalue weighted by atomic mass is 15.2. The lowest BCUT2D eigenvalue weighted by atomic mass is 10.2. The van der Waals surface area contributed by atoms with Gasteiger partial charge in [-0.05, 0) is 25.1 Å². The molecule has 0 N–H and O–H groups in total. The van der Waals surface area contributed by atoms with E-state index in [-0.39, 0.29) is 0 Å². The zero-order chi connectivity index (χ0) is 9.10. The van der Waals surface area contributed by atoms with Crippen LogP contribution in [0, 0.1) is 0 Å². The smallest absolute Gasteiger partial charge is 0.132 e. The Kier molecular flexibility index (Phi) is 2.13. The Bertz CT molecular complexity index is 338. The van der Waals surface area contributed by atoms with Crippen LogP contribution in [0.3, 0.4) is 0 Å². The molecule has 1 aliphatic rings. The Morgan fingerprint density at radius 2 is 2.31 bits per heavy atom. The van der Waals surface area contributed by atoms with Crippen LogP contribution in [-0.2, 0) is 0 Å². The summed E-state index contributed by atoms with van der Waals surface area (Å²) in [7, 11) is 0. The quantitative estimate of drug-likeness (QED) is 0.646. The van der Waals surface area contributed by atoms with Crippen molar-refractivity contribution in [2.45, 2.75) is 6.92 Å². The zero-order valence-electron chi connectivity index (χ0n) is 7.64. The number of hydrogen-bond acceptors (Lipinski definition) is 2. The van der Waals surface area contributed by atoms with Gasteiger partial charge in [0.2, 0.25) is 0 Å². The maximum absolute atomic E-state index is 4.27. The highest BCUT2D eigenvalue weighted by Crippen LogP contribution is 2.14. The lowest BCUT2D eigenvalue weighted by Gasteiger charge is -2.20. The Hall–Kier alpha value is -1.57. The second kappa shape index (κ2) is 3.44. The molecule has 0 bridgehead atoms. The largest absolute Gasteiger partial charge is 0.329 e. The SMILES string of the molecule is CC1=CCN(c2ccccn2)C=C1. The van der Waals surface area contributed by atoms with E-state index in [1.165, 1.54) is 5.57 Å². The van der Waals surface area contributed by atoms with Gasteiger partial charge in [-0.3, -0.25) is 0 Å². The first-order chi connectivity index (χ1) is 6.36. The number of anilines is 1. The predicted molar refractivity (Wildman–Crippen MR) is 54.5 cm³/mol. The van der Waals surface area contributed by atoms with Crippen molar-refractivity contribution >= 4 is 5.82 Å². The minimum Gasteiger partial charge on any atom is -0.329 e. The molecule has 0 amide bonds. The summed E-state index contributed by atoms with van der Waals surface area (Å²) < 4.78 is 0. The van der Waals surface area contributed by atoms with E-state index in [0.29, 0.717) is 0 Å². The summed E-state index contributed by atoms with van der Waals surface area (Å²) in [5.74, 6) is 1.00. The van der Waals surface area contributed by atoms with Crippen LogP contribution in [0.2, 0.25) is 0 Å². The Morgan fingerprint density at radius 1 is 1.38 bits per heavy atom. The van der Waals surface area contributed by atoms with Crippen molar-refractivity contribution in [2.75, 3.05) is 11.4 Å². The Labute approximate surface area is 78.2 Å². The molecule has 1 aromatic heterocycles. The fourth-order valence-corrected chi connectivity index (χ4v) is 1.27. The van der Waals surface area contributed by atoms with Crippen LogP contribution in [0.4, 0.5) is 5.82 Å². The van der Waals surface area contributed by atoms with E-state index >= 15 is 0 Å². The molecule has 1 aromatic rings. The molecule has 0 atom stereocenters. The average molecular weight is 172 g/mol.